The SMILES string of the molecule is C[C@@](CC(=O)O)(NC(=O)C1CCC1)c1ccccc1. The predicted molar refractivity (Wildman–Crippen MR) is 71.5 cm³/mol. The molecule has 1 aromatic carbocycles. The molecule has 1 saturated carbocycles. The van der Waals surface area contributed by atoms with Crippen LogP contribution in [-0.4, -0.2) is 17.0 Å². The van der Waals surface area contributed by atoms with Crippen LogP contribution >= 0.6 is 0 Å². The second kappa shape index (κ2) is 5.43. The minimum Gasteiger partial charge on any atom is -0.481 e. The van der Waals surface area contributed by atoms with Crippen LogP contribution in [0, 0.1) is 5.92 Å². The zero-order valence-corrected chi connectivity index (χ0v) is 11.1. The number of benzene rings is 1. The Labute approximate surface area is 112 Å². The summed E-state index contributed by atoms with van der Waals surface area (Å²) < 4.78 is 0. The van der Waals surface area contributed by atoms with Gasteiger partial charge in [0, 0.05) is 5.92 Å². The van der Waals surface area contributed by atoms with Gasteiger partial charge in [0.2, 0.25) is 5.91 Å². The molecule has 0 aliphatic heterocycles. The summed E-state index contributed by atoms with van der Waals surface area (Å²) in [6.45, 7) is 1.77. The third-order valence-electron chi connectivity index (χ3n) is 3.79. The highest BCUT2D eigenvalue weighted by molar-refractivity contribution is 5.81. The van der Waals surface area contributed by atoms with Crippen molar-refractivity contribution < 1.29 is 14.7 Å². The zero-order chi connectivity index (χ0) is 13.9. The van der Waals surface area contributed by atoms with Crippen molar-refractivity contribution >= 4 is 11.9 Å². The second-order valence-corrected chi connectivity index (χ2v) is 5.39. The summed E-state index contributed by atoms with van der Waals surface area (Å²) >= 11 is 0. The molecule has 102 valence electrons. The number of nitrogens with one attached hydrogen (secondary N) is 1. The van der Waals surface area contributed by atoms with Crippen molar-refractivity contribution in [1.29, 1.82) is 0 Å². The van der Waals surface area contributed by atoms with Gasteiger partial charge in [-0.3, -0.25) is 9.59 Å². The van der Waals surface area contributed by atoms with E-state index in [-0.39, 0.29) is 18.2 Å². The lowest BCUT2D eigenvalue weighted by Crippen LogP contribution is -2.48. The summed E-state index contributed by atoms with van der Waals surface area (Å²) in [5, 5.41) is 12.0. The van der Waals surface area contributed by atoms with Crippen LogP contribution in [0.15, 0.2) is 30.3 Å². The van der Waals surface area contributed by atoms with Crippen LogP contribution in [0.5, 0.6) is 0 Å². The summed E-state index contributed by atoms with van der Waals surface area (Å²) in [7, 11) is 0. The number of carboxylic acids is 1. The largest absolute Gasteiger partial charge is 0.481 e. The van der Waals surface area contributed by atoms with Gasteiger partial charge in [0.1, 0.15) is 0 Å². The fraction of sp³-hybridized carbons (Fsp3) is 0.467. The van der Waals surface area contributed by atoms with E-state index in [4.69, 9.17) is 5.11 Å². The lowest BCUT2D eigenvalue weighted by Gasteiger charge is -2.34. The quantitative estimate of drug-likeness (QED) is 0.854. The number of hydrogen-bond donors (Lipinski definition) is 2. The molecule has 0 radical (unpaired) electrons. The maximum Gasteiger partial charge on any atom is 0.306 e. The summed E-state index contributed by atoms with van der Waals surface area (Å²) in [6, 6.07) is 9.28. The lowest BCUT2D eigenvalue weighted by molar-refractivity contribution is -0.139. The van der Waals surface area contributed by atoms with Crippen LogP contribution in [0.2, 0.25) is 0 Å². The molecule has 4 nitrogen and oxygen atoms in total. The highest BCUT2D eigenvalue weighted by Crippen LogP contribution is 2.30. The first kappa shape index (κ1) is 13.6. The van der Waals surface area contributed by atoms with Crippen molar-refractivity contribution in [3.05, 3.63) is 35.9 Å². The Bertz CT molecular complexity index is 468. The van der Waals surface area contributed by atoms with Crippen molar-refractivity contribution in [2.24, 2.45) is 5.92 Å². The topological polar surface area (TPSA) is 66.4 Å². The molecule has 0 spiro atoms. The van der Waals surface area contributed by atoms with Gasteiger partial charge in [0.25, 0.3) is 0 Å². The number of carbonyl (C=O) groups is 2. The average molecular weight is 261 g/mol. The molecule has 1 atom stereocenters. The van der Waals surface area contributed by atoms with Gasteiger partial charge in [-0.25, -0.2) is 0 Å². The van der Waals surface area contributed by atoms with Crippen molar-refractivity contribution in [3.63, 3.8) is 0 Å². The monoisotopic (exact) mass is 261 g/mol. The molecule has 1 aromatic rings. The Morgan fingerprint density at radius 1 is 1.32 bits per heavy atom. The van der Waals surface area contributed by atoms with Gasteiger partial charge in [0.05, 0.1) is 12.0 Å². The number of rotatable bonds is 5. The van der Waals surface area contributed by atoms with E-state index < -0.39 is 11.5 Å². The number of carboxylic acid groups (broad SMARTS) is 1. The van der Waals surface area contributed by atoms with Gasteiger partial charge in [-0.1, -0.05) is 36.8 Å². The standard InChI is InChI=1S/C15H19NO3/c1-15(10-13(17)18,12-8-3-2-4-9-12)16-14(19)11-6-5-7-11/h2-4,8-9,11H,5-7,10H2,1H3,(H,16,19)(H,17,18)/t15-/m0/s1. The van der Waals surface area contributed by atoms with Gasteiger partial charge < -0.3 is 10.4 Å². The van der Waals surface area contributed by atoms with E-state index in [1.165, 1.54) is 0 Å². The molecule has 0 saturated heterocycles. The average Bonchev–Trinajstić information content (AvgIpc) is 2.26. The second-order valence-electron chi connectivity index (χ2n) is 5.39. The molecule has 4 heteroatoms. The van der Waals surface area contributed by atoms with Crippen molar-refractivity contribution in [2.45, 2.75) is 38.1 Å². The van der Waals surface area contributed by atoms with Crippen LogP contribution < -0.4 is 5.32 Å². The van der Waals surface area contributed by atoms with E-state index >= 15 is 0 Å². The summed E-state index contributed by atoms with van der Waals surface area (Å²) in [5.41, 5.74) is -0.0233. The Morgan fingerprint density at radius 2 is 1.95 bits per heavy atom. The van der Waals surface area contributed by atoms with Crippen LogP contribution in [-0.2, 0) is 15.1 Å². The molecule has 0 unspecified atom stereocenters. The first-order valence-corrected chi connectivity index (χ1v) is 6.60. The molecule has 0 aromatic heterocycles. The highest BCUT2D eigenvalue weighted by Gasteiger charge is 2.35. The van der Waals surface area contributed by atoms with Gasteiger partial charge in [0.15, 0.2) is 0 Å². The molecule has 0 bridgehead atoms. The number of amides is 1. The molecule has 1 aliphatic carbocycles. The van der Waals surface area contributed by atoms with E-state index in [0.29, 0.717) is 0 Å². The number of aliphatic carboxylic acids is 1. The fourth-order valence-corrected chi connectivity index (χ4v) is 2.37. The number of hydrogen-bond acceptors (Lipinski definition) is 2. The Hall–Kier alpha value is -1.84. The normalized spacial score (nSPS) is 18.2. The van der Waals surface area contributed by atoms with Crippen LogP contribution in [0.1, 0.15) is 38.2 Å². The van der Waals surface area contributed by atoms with E-state index in [1.807, 2.05) is 30.3 Å². The van der Waals surface area contributed by atoms with Gasteiger partial charge in [-0.2, -0.15) is 0 Å². The van der Waals surface area contributed by atoms with Gasteiger partial charge in [-0.05, 0) is 25.3 Å². The van der Waals surface area contributed by atoms with Crippen molar-refractivity contribution in [1.82, 2.24) is 5.32 Å². The maximum absolute atomic E-state index is 12.1. The van der Waals surface area contributed by atoms with Crippen LogP contribution in [0.25, 0.3) is 0 Å². The smallest absolute Gasteiger partial charge is 0.306 e. The number of carbonyl (C=O) groups excluding carboxylic acids is 1. The Kier molecular flexibility index (Phi) is 3.88. The molecule has 2 N–H and O–H groups in total. The van der Waals surface area contributed by atoms with Gasteiger partial charge >= 0.3 is 5.97 Å². The van der Waals surface area contributed by atoms with Crippen molar-refractivity contribution in [3.8, 4) is 0 Å². The molecule has 0 heterocycles. The maximum atomic E-state index is 12.1. The molecule has 2 rings (SSSR count). The minimum absolute atomic E-state index is 0.0288. The zero-order valence-electron chi connectivity index (χ0n) is 11.1. The highest BCUT2D eigenvalue weighted by atomic mass is 16.4. The Morgan fingerprint density at radius 3 is 2.42 bits per heavy atom. The van der Waals surface area contributed by atoms with E-state index in [9.17, 15) is 9.59 Å². The van der Waals surface area contributed by atoms with E-state index in [1.54, 1.807) is 6.92 Å². The predicted octanol–water partition coefficient (Wildman–Crippen LogP) is 2.29. The third-order valence-corrected chi connectivity index (χ3v) is 3.79. The van der Waals surface area contributed by atoms with Crippen LogP contribution in [0.3, 0.4) is 0 Å². The third kappa shape index (κ3) is 3.13. The molecular weight excluding hydrogens is 242 g/mol. The van der Waals surface area contributed by atoms with Crippen LogP contribution in [0.4, 0.5) is 0 Å². The van der Waals surface area contributed by atoms with E-state index in [0.717, 1.165) is 24.8 Å². The molecule has 19 heavy (non-hydrogen) atoms. The van der Waals surface area contributed by atoms with Gasteiger partial charge in [-0.15, -0.1) is 0 Å². The van der Waals surface area contributed by atoms with E-state index in [2.05, 4.69) is 5.32 Å². The fourth-order valence-electron chi connectivity index (χ4n) is 2.37. The first-order valence-electron chi connectivity index (χ1n) is 6.60. The molecular formula is C15H19NO3. The molecule has 1 fully saturated rings. The minimum atomic E-state index is -0.916. The Balaban J connectivity index is 2.19. The van der Waals surface area contributed by atoms with Crippen molar-refractivity contribution in [2.75, 3.05) is 0 Å². The molecule has 1 aliphatic rings. The summed E-state index contributed by atoms with van der Waals surface area (Å²) in [6.07, 6.45) is 2.78. The summed E-state index contributed by atoms with van der Waals surface area (Å²) in [5.74, 6) is -0.893. The summed E-state index contributed by atoms with van der Waals surface area (Å²) in [4.78, 5) is 23.2. The lowest BCUT2D eigenvalue weighted by atomic mass is 9.82. The first-order chi connectivity index (χ1) is 9.01. The molecule has 1 amide bonds.